The van der Waals surface area contributed by atoms with Crippen molar-refractivity contribution in [3.8, 4) is 6.07 Å². The molecule has 0 bridgehead atoms. The van der Waals surface area contributed by atoms with Crippen molar-refractivity contribution in [1.82, 2.24) is 0 Å². The third kappa shape index (κ3) is 1.28. The Kier molecular flexibility index (Phi) is 2.01. The van der Waals surface area contributed by atoms with Crippen LogP contribution in [0.2, 0.25) is 0 Å². The summed E-state index contributed by atoms with van der Waals surface area (Å²) in [6.45, 7) is 0. The van der Waals surface area contributed by atoms with E-state index in [1.165, 1.54) is 12.1 Å². The van der Waals surface area contributed by atoms with Crippen LogP contribution in [0.5, 0.6) is 0 Å². The van der Waals surface area contributed by atoms with Gasteiger partial charge in [-0.1, -0.05) is 0 Å². The zero-order valence-corrected chi connectivity index (χ0v) is 6.40. The fraction of sp³-hybridized carbons (Fsp3) is 0. The Labute approximate surface area is 68.8 Å². The van der Waals surface area contributed by atoms with Crippen molar-refractivity contribution >= 4 is 18.3 Å². The zero-order chi connectivity index (χ0) is 8.43. The average Bonchev–Trinajstić information content (AvgIpc) is 1.99. The fourth-order valence-electron chi connectivity index (χ4n) is 0.688. The van der Waals surface area contributed by atoms with Crippen LogP contribution in [0.25, 0.3) is 0 Å². The first kappa shape index (κ1) is 7.89. The van der Waals surface area contributed by atoms with Crippen molar-refractivity contribution in [3.63, 3.8) is 0 Å². The Hall–Kier alpha value is -1.21. The molecule has 0 heterocycles. The molecule has 0 aromatic heterocycles. The molecule has 0 atom stereocenters. The number of nitrogens with two attached hydrogens (primary N) is 1. The number of halogens is 1. The van der Waals surface area contributed by atoms with E-state index in [1.54, 1.807) is 6.07 Å². The summed E-state index contributed by atoms with van der Waals surface area (Å²) >= 11 is 3.88. The lowest BCUT2D eigenvalue weighted by atomic mass is 10.2. The van der Waals surface area contributed by atoms with E-state index in [1.807, 2.05) is 0 Å². The van der Waals surface area contributed by atoms with Crippen molar-refractivity contribution in [3.05, 3.63) is 23.5 Å². The first-order chi connectivity index (χ1) is 5.16. The number of benzene rings is 1. The van der Waals surface area contributed by atoms with Gasteiger partial charge in [0.25, 0.3) is 0 Å². The van der Waals surface area contributed by atoms with Gasteiger partial charge >= 0.3 is 0 Å². The molecule has 2 nitrogen and oxygen atoms in total. The number of nitrogen functional groups attached to an aromatic ring is 1. The minimum absolute atomic E-state index is 0.0284. The summed E-state index contributed by atoms with van der Waals surface area (Å²) in [5, 5.41) is 8.43. The van der Waals surface area contributed by atoms with Crippen LogP contribution in [-0.2, 0) is 0 Å². The number of rotatable bonds is 0. The quantitative estimate of drug-likeness (QED) is 0.456. The van der Waals surface area contributed by atoms with Gasteiger partial charge in [-0.25, -0.2) is 4.39 Å². The summed E-state index contributed by atoms with van der Waals surface area (Å²) in [5.74, 6) is -0.694. The highest BCUT2D eigenvalue weighted by molar-refractivity contribution is 7.80. The normalized spacial score (nSPS) is 9.18. The molecule has 4 heteroatoms. The second-order valence-electron chi connectivity index (χ2n) is 1.97. The number of nitriles is 1. The maximum Gasteiger partial charge on any atom is 0.164 e. The van der Waals surface area contributed by atoms with E-state index >= 15 is 0 Å². The molecule has 1 aromatic rings. The Bertz CT molecular complexity index is 330. The number of nitrogens with zero attached hydrogens (tertiary/aromatic N) is 1. The lowest BCUT2D eigenvalue weighted by Gasteiger charge is -1.99. The fourth-order valence-corrected chi connectivity index (χ4v) is 0.911. The van der Waals surface area contributed by atoms with Crippen LogP contribution in [0.1, 0.15) is 5.56 Å². The topological polar surface area (TPSA) is 49.8 Å². The number of hydrogen-bond donors (Lipinski definition) is 2. The summed E-state index contributed by atoms with van der Waals surface area (Å²) < 4.78 is 12.9. The predicted molar refractivity (Wildman–Crippen MR) is 42.8 cm³/mol. The second-order valence-corrected chi connectivity index (χ2v) is 2.46. The number of anilines is 1. The van der Waals surface area contributed by atoms with Crippen LogP contribution in [0.4, 0.5) is 10.1 Å². The van der Waals surface area contributed by atoms with Gasteiger partial charge in [0.1, 0.15) is 11.6 Å². The first-order valence-corrected chi connectivity index (χ1v) is 3.28. The largest absolute Gasteiger partial charge is 0.396 e. The average molecular weight is 168 g/mol. The molecule has 0 amide bonds. The van der Waals surface area contributed by atoms with E-state index in [0.29, 0.717) is 4.90 Å². The highest BCUT2D eigenvalue weighted by Gasteiger charge is 2.07. The van der Waals surface area contributed by atoms with Crippen molar-refractivity contribution in [2.75, 3.05) is 5.73 Å². The van der Waals surface area contributed by atoms with E-state index in [-0.39, 0.29) is 11.3 Å². The lowest BCUT2D eigenvalue weighted by molar-refractivity contribution is 0.625. The van der Waals surface area contributed by atoms with E-state index in [2.05, 4.69) is 12.6 Å². The van der Waals surface area contributed by atoms with Gasteiger partial charge in [-0.15, -0.1) is 12.6 Å². The minimum atomic E-state index is -0.694. The molecule has 0 saturated carbocycles. The maximum atomic E-state index is 12.9. The Balaban J connectivity index is 3.44. The third-order valence-electron chi connectivity index (χ3n) is 1.26. The predicted octanol–water partition coefficient (Wildman–Crippen LogP) is 1.57. The Morgan fingerprint density at radius 3 is 2.64 bits per heavy atom. The van der Waals surface area contributed by atoms with E-state index in [4.69, 9.17) is 11.0 Å². The van der Waals surface area contributed by atoms with Crippen LogP contribution < -0.4 is 5.73 Å². The Morgan fingerprint density at radius 2 is 2.18 bits per heavy atom. The van der Waals surface area contributed by atoms with Gasteiger partial charge in [-0.05, 0) is 12.1 Å². The third-order valence-corrected chi connectivity index (χ3v) is 1.63. The molecular weight excluding hydrogens is 163 g/mol. The molecule has 2 N–H and O–H groups in total. The van der Waals surface area contributed by atoms with Gasteiger partial charge in [0.2, 0.25) is 0 Å². The molecule has 0 radical (unpaired) electrons. The second kappa shape index (κ2) is 2.81. The SMILES string of the molecule is N#Cc1c(S)ccc(N)c1F. The molecule has 0 aliphatic carbocycles. The molecule has 1 rings (SSSR count). The van der Waals surface area contributed by atoms with E-state index < -0.39 is 5.82 Å². The molecule has 56 valence electrons. The molecule has 0 spiro atoms. The summed E-state index contributed by atoms with van der Waals surface area (Å²) in [6.07, 6.45) is 0. The van der Waals surface area contributed by atoms with Crippen molar-refractivity contribution in [2.45, 2.75) is 4.90 Å². The first-order valence-electron chi connectivity index (χ1n) is 2.84. The van der Waals surface area contributed by atoms with Crippen molar-refractivity contribution < 1.29 is 4.39 Å². The molecule has 1 aromatic carbocycles. The lowest BCUT2D eigenvalue weighted by Crippen LogP contribution is -1.94. The van der Waals surface area contributed by atoms with Gasteiger partial charge in [-0.3, -0.25) is 0 Å². The molecule has 0 aliphatic rings. The highest BCUT2D eigenvalue weighted by atomic mass is 32.1. The number of thiol groups is 1. The van der Waals surface area contributed by atoms with E-state index in [9.17, 15) is 4.39 Å². The smallest absolute Gasteiger partial charge is 0.164 e. The van der Waals surface area contributed by atoms with Crippen LogP contribution in [0.3, 0.4) is 0 Å². The van der Waals surface area contributed by atoms with Crippen molar-refractivity contribution in [1.29, 1.82) is 5.26 Å². The van der Waals surface area contributed by atoms with Crippen LogP contribution in [0, 0.1) is 17.1 Å². The molecule has 0 fully saturated rings. The summed E-state index contributed by atoms with van der Waals surface area (Å²) in [7, 11) is 0. The molecule has 11 heavy (non-hydrogen) atoms. The van der Waals surface area contributed by atoms with Crippen LogP contribution >= 0.6 is 12.6 Å². The zero-order valence-electron chi connectivity index (χ0n) is 5.50. The number of hydrogen-bond acceptors (Lipinski definition) is 3. The van der Waals surface area contributed by atoms with Crippen molar-refractivity contribution in [2.24, 2.45) is 0 Å². The molecule has 0 unspecified atom stereocenters. The summed E-state index contributed by atoms with van der Waals surface area (Å²) in [6, 6.07) is 4.53. The van der Waals surface area contributed by atoms with Gasteiger partial charge in [0, 0.05) is 4.90 Å². The van der Waals surface area contributed by atoms with Gasteiger partial charge in [-0.2, -0.15) is 5.26 Å². The standard InChI is InChI=1S/C7H5FN2S/c8-7-4(3-9)6(11)2-1-5(7)10/h1-2,11H,10H2. The monoisotopic (exact) mass is 168 g/mol. The van der Waals surface area contributed by atoms with E-state index in [0.717, 1.165) is 0 Å². The van der Waals surface area contributed by atoms with Gasteiger partial charge in [0.15, 0.2) is 5.82 Å². The maximum absolute atomic E-state index is 12.9. The minimum Gasteiger partial charge on any atom is -0.396 e. The summed E-state index contributed by atoms with van der Waals surface area (Å²) in [5.41, 5.74) is 5.07. The molecule has 0 aliphatic heterocycles. The van der Waals surface area contributed by atoms with Gasteiger partial charge in [0.05, 0.1) is 5.69 Å². The summed E-state index contributed by atoms with van der Waals surface area (Å²) in [4.78, 5) is 0.305. The molecule has 0 saturated heterocycles. The highest BCUT2D eigenvalue weighted by Crippen LogP contribution is 2.20. The van der Waals surface area contributed by atoms with Crippen LogP contribution in [0.15, 0.2) is 17.0 Å². The van der Waals surface area contributed by atoms with Gasteiger partial charge < -0.3 is 5.73 Å². The Morgan fingerprint density at radius 1 is 1.55 bits per heavy atom. The van der Waals surface area contributed by atoms with Crippen LogP contribution in [-0.4, -0.2) is 0 Å². The molecular formula is C7H5FN2S.